The normalized spacial score (nSPS) is 14.2. The Kier molecular flexibility index (Phi) is 5.93. The molecule has 2 amide bonds. The first-order valence-electron chi connectivity index (χ1n) is 5.02. The largest absolute Gasteiger partial charge is 0.393 e. The maximum Gasteiger partial charge on any atom is 0.239 e. The maximum atomic E-state index is 11.4. The molecule has 0 rings (SSSR count). The molecule has 0 bridgehead atoms. The fourth-order valence-corrected chi connectivity index (χ4v) is 1.22. The van der Waals surface area contributed by atoms with E-state index in [-0.39, 0.29) is 24.4 Å². The van der Waals surface area contributed by atoms with Crippen LogP contribution in [0.3, 0.4) is 0 Å². The van der Waals surface area contributed by atoms with Gasteiger partial charge in [0.1, 0.15) is 0 Å². The van der Waals surface area contributed by atoms with Gasteiger partial charge in [0.2, 0.25) is 11.8 Å². The van der Waals surface area contributed by atoms with Crippen LogP contribution in [-0.2, 0) is 9.59 Å². The van der Waals surface area contributed by atoms with Crippen molar-refractivity contribution in [2.45, 2.75) is 39.3 Å². The molecule has 0 radical (unpaired) electrons. The number of rotatable bonds is 5. The van der Waals surface area contributed by atoms with Gasteiger partial charge in [-0.1, -0.05) is 0 Å². The van der Waals surface area contributed by atoms with Crippen LogP contribution < -0.4 is 5.32 Å². The number of hydrogen-bond donors (Lipinski definition) is 2. The molecule has 0 spiro atoms. The zero-order valence-electron chi connectivity index (χ0n) is 9.78. The van der Waals surface area contributed by atoms with Crippen LogP contribution >= 0.6 is 0 Å². The van der Waals surface area contributed by atoms with E-state index in [1.165, 1.54) is 11.8 Å². The van der Waals surface area contributed by atoms with Gasteiger partial charge in [0.15, 0.2) is 0 Å². The molecule has 0 saturated carbocycles. The van der Waals surface area contributed by atoms with E-state index in [4.69, 9.17) is 5.11 Å². The van der Waals surface area contributed by atoms with Crippen LogP contribution in [0.2, 0.25) is 0 Å². The molecular weight excluding hydrogens is 196 g/mol. The Labute approximate surface area is 90.5 Å². The molecule has 15 heavy (non-hydrogen) atoms. The molecule has 2 N–H and O–H groups in total. The van der Waals surface area contributed by atoms with Crippen LogP contribution in [-0.4, -0.2) is 47.6 Å². The van der Waals surface area contributed by atoms with Gasteiger partial charge in [-0.3, -0.25) is 9.59 Å². The molecule has 5 heteroatoms. The maximum absolute atomic E-state index is 11.4. The highest BCUT2D eigenvalue weighted by molar-refractivity contribution is 5.83. The monoisotopic (exact) mass is 216 g/mol. The minimum Gasteiger partial charge on any atom is -0.393 e. The summed E-state index contributed by atoms with van der Waals surface area (Å²) < 4.78 is 0. The second-order valence-corrected chi connectivity index (χ2v) is 3.93. The number of hydrogen-bond acceptors (Lipinski definition) is 3. The summed E-state index contributed by atoms with van der Waals surface area (Å²) >= 11 is 0. The average molecular weight is 216 g/mol. The van der Waals surface area contributed by atoms with Gasteiger partial charge in [-0.05, 0) is 20.3 Å². The Morgan fingerprint density at radius 3 is 2.33 bits per heavy atom. The van der Waals surface area contributed by atoms with E-state index in [0.29, 0.717) is 6.42 Å². The number of amides is 2. The second-order valence-electron chi connectivity index (χ2n) is 3.93. The highest BCUT2D eigenvalue weighted by atomic mass is 16.3. The van der Waals surface area contributed by atoms with Gasteiger partial charge in [-0.15, -0.1) is 0 Å². The van der Waals surface area contributed by atoms with Crippen molar-refractivity contribution in [3.05, 3.63) is 0 Å². The van der Waals surface area contributed by atoms with E-state index >= 15 is 0 Å². The third-order valence-corrected chi connectivity index (χ3v) is 2.02. The zero-order chi connectivity index (χ0) is 12.0. The van der Waals surface area contributed by atoms with E-state index in [1.807, 2.05) is 6.92 Å². The number of aliphatic hydroxyl groups excluding tert-OH is 1. The summed E-state index contributed by atoms with van der Waals surface area (Å²) in [5, 5.41) is 11.8. The van der Waals surface area contributed by atoms with Crippen molar-refractivity contribution in [1.82, 2.24) is 10.2 Å². The Morgan fingerprint density at radius 2 is 1.93 bits per heavy atom. The highest BCUT2D eigenvalue weighted by Gasteiger charge is 2.12. The molecule has 0 aromatic carbocycles. The summed E-state index contributed by atoms with van der Waals surface area (Å²) in [5.74, 6) is -0.353. The van der Waals surface area contributed by atoms with Gasteiger partial charge in [-0.2, -0.15) is 0 Å². The van der Waals surface area contributed by atoms with Crippen LogP contribution in [0.5, 0.6) is 0 Å². The van der Waals surface area contributed by atoms with Crippen molar-refractivity contribution in [1.29, 1.82) is 0 Å². The first-order valence-corrected chi connectivity index (χ1v) is 5.02. The number of nitrogens with one attached hydrogen (secondary N) is 1. The van der Waals surface area contributed by atoms with Gasteiger partial charge in [0.25, 0.3) is 0 Å². The molecule has 0 aliphatic rings. The van der Waals surface area contributed by atoms with Crippen molar-refractivity contribution < 1.29 is 14.7 Å². The second kappa shape index (κ2) is 6.40. The van der Waals surface area contributed by atoms with Crippen LogP contribution in [0.15, 0.2) is 0 Å². The summed E-state index contributed by atoms with van der Waals surface area (Å²) in [5.41, 5.74) is 0. The molecule has 0 saturated heterocycles. The third kappa shape index (κ3) is 6.90. The lowest BCUT2D eigenvalue weighted by molar-refractivity contribution is -0.133. The molecular formula is C10H20N2O3. The number of nitrogens with zero attached hydrogens (tertiary/aromatic N) is 1. The molecule has 2 atom stereocenters. The van der Waals surface area contributed by atoms with Crippen LogP contribution in [0, 0.1) is 0 Å². The van der Waals surface area contributed by atoms with Crippen molar-refractivity contribution in [3.63, 3.8) is 0 Å². The average Bonchev–Trinajstić information content (AvgIpc) is 2.00. The van der Waals surface area contributed by atoms with Gasteiger partial charge in [0.05, 0.1) is 12.6 Å². The number of carbonyl (C=O) groups is 2. The first-order chi connectivity index (χ1) is 6.82. The predicted molar refractivity (Wildman–Crippen MR) is 57.2 cm³/mol. The molecule has 0 aliphatic heterocycles. The lowest BCUT2D eigenvalue weighted by Crippen LogP contribution is -2.42. The van der Waals surface area contributed by atoms with Crippen molar-refractivity contribution in [2.24, 2.45) is 0 Å². The van der Waals surface area contributed by atoms with Crippen molar-refractivity contribution in [3.8, 4) is 0 Å². The Hall–Kier alpha value is -1.10. The standard InChI is InChI=1S/C10H20N2O3/c1-7(5-8(2)13)11-10(15)6-12(4)9(3)14/h7-8,13H,5-6H2,1-4H3,(H,11,15). The Morgan fingerprint density at radius 1 is 1.40 bits per heavy atom. The van der Waals surface area contributed by atoms with Crippen molar-refractivity contribution in [2.75, 3.05) is 13.6 Å². The Balaban J connectivity index is 3.88. The first kappa shape index (κ1) is 13.9. The van der Waals surface area contributed by atoms with Crippen LogP contribution in [0.1, 0.15) is 27.2 Å². The SMILES string of the molecule is CC(=O)N(C)CC(=O)NC(C)CC(C)O. The summed E-state index contributed by atoms with van der Waals surface area (Å²) in [7, 11) is 1.57. The number of aliphatic hydroxyl groups is 1. The van der Waals surface area contributed by atoms with E-state index in [9.17, 15) is 9.59 Å². The molecule has 0 heterocycles. The lowest BCUT2D eigenvalue weighted by atomic mass is 10.1. The van der Waals surface area contributed by atoms with Gasteiger partial charge < -0.3 is 15.3 Å². The third-order valence-electron chi connectivity index (χ3n) is 2.02. The Bertz CT molecular complexity index is 229. The minimum absolute atomic E-state index is 0.0550. The molecule has 0 aliphatic carbocycles. The number of carbonyl (C=O) groups excluding carboxylic acids is 2. The predicted octanol–water partition coefficient (Wildman–Crippen LogP) is -0.260. The minimum atomic E-state index is -0.439. The van der Waals surface area contributed by atoms with Gasteiger partial charge in [0, 0.05) is 20.0 Å². The molecule has 88 valence electrons. The smallest absolute Gasteiger partial charge is 0.239 e. The topological polar surface area (TPSA) is 69.6 Å². The van der Waals surface area contributed by atoms with Crippen LogP contribution in [0.25, 0.3) is 0 Å². The van der Waals surface area contributed by atoms with E-state index < -0.39 is 6.10 Å². The molecule has 0 aromatic rings. The van der Waals surface area contributed by atoms with Gasteiger partial charge in [-0.25, -0.2) is 0 Å². The van der Waals surface area contributed by atoms with E-state index in [0.717, 1.165) is 0 Å². The van der Waals surface area contributed by atoms with E-state index in [1.54, 1.807) is 14.0 Å². The summed E-state index contributed by atoms with van der Waals surface area (Å²) in [6.45, 7) is 4.95. The van der Waals surface area contributed by atoms with Crippen LogP contribution in [0.4, 0.5) is 0 Å². The molecule has 0 aromatic heterocycles. The molecule has 0 fully saturated rings. The number of likely N-dealkylation sites (N-methyl/N-ethyl adjacent to an activating group) is 1. The lowest BCUT2D eigenvalue weighted by Gasteiger charge is -2.18. The quantitative estimate of drug-likeness (QED) is 0.665. The summed E-state index contributed by atoms with van der Waals surface area (Å²) in [6.07, 6.45) is 0.0704. The fraction of sp³-hybridized carbons (Fsp3) is 0.800. The highest BCUT2D eigenvalue weighted by Crippen LogP contribution is 1.96. The summed E-state index contributed by atoms with van der Waals surface area (Å²) in [4.78, 5) is 23.5. The van der Waals surface area contributed by atoms with Crippen molar-refractivity contribution >= 4 is 11.8 Å². The fourth-order valence-electron chi connectivity index (χ4n) is 1.22. The summed E-state index contributed by atoms with van der Waals surface area (Å²) in [6, 6.07) is -0.0853. The molecule has 2 unspecified atom stereocenters. The molecule has 5 nitrogen and oxygen atoms in total. The zero-order valence-corrected chi connectivity index (χ0v) is 9.78. The van der Waals surface area contributed by atoms with Gasteiger partial charge >= 0.3 is 0 Å². The van der Waals surface area contributed by atoms with E-state index in [2.05, 4.69) is 5.32 Å².